The lowest BCUT2D eigenvalue weighted by Gasteiger charge is -2.23. The third-order valence-electron chi connectivity index (χ3n) is 2.55. The Kier molecular flexibility index (Phi) is 5.06. The van der Waals surface area contributed by atoms with Crippen molar-refractivity contribution >= 4 is 17.3 Å². The van der Waals surface area contributed by atoms with Gasteiger partial charge in [0.1, 0.15) is 0 Å². The van der Waals surface area contributed by atoms with Crippen molar-refractivity contribution < 1.29 is 5.11 Å². The summed E-state index contributed by atoms with van der Waals surface area (Å²) >= 11 is 5.91. The summed E-state index contributed by atoms with van der Waals surface area (Å²) in [6.45, 7) is 3.06. The molecule has 0 saturated heterocycles. The molecular weight excluding hydrogens is 224 g/mol. The molecule has 0 aliphatic carbocycles. The van der Waals surface area contributed by atoms with E-state index < -0.39 is 0 Å². The zero-order valence-electron chi connectivity index (χ0n) is 9.78. The van der Waals surface area contributed by atoms with Crippen LogP contribution in [-0.2, 0) is 6.54 Å². The van der Waals surface area contributed by atoms with Gasteiger partial charge >= 0.3 is 0 Å². The maximum atomic E-state index is 9.25. The van der Waals surface area contributed by atoms with E-state index in [1.165, 1.54) is 0 Å². The highest BCUT2D eigenvalue weighted by atomic mass is 35.5. The first-order chi connectivity index (χ1) is 7.54. The summed E-state index contributed by atoms with van der Waals surface area (Å²) in [6, 6.07) is 5.71. The van der Waals surface area contributed by atoms with Crippen molar-refractivity contribution in [2.45, 2.75) is 26.0 Å². The lowest BCUT2D eigenvalue weighted by atomic mass is 10.1. The summed E-state index contributed by atoms with van der Waals surface area (Å²) in [5.41, 5.74) is 7.78. The Balaban J connectivity index is 2.77. The average molecular weight is 243 g/mol. The molecule has 0 fully saturated rings. The second-order valence-corrected chi connectivity index (χ2v) is 4.47. The molecule has 0 heterocycles. The molecule has 0 aromatic heterocycles. The Morgan fingerprint density at radius 2 is 2.19 bits per heavy atom. The van der Waals surface area contributed by atoms with E-state index in [0.29, 0.717) is 11.6 Å². The molecule has 0 saturated carbocycles. The molecule has 0 aliphatic rings. The molecule has 90 valence electrons. The molecule has 1 rings (SSSR count). The number of nitrogens with two attached hydrogens (primary N) is 1. The lowest BCUT2D eigenvalue weighted by Crippen LogP contribution is -2.23. The summed E-state index contributed by atoms with van der Waals surface area (Å²) in [4.78, 5) is 2.09. The van der Waals surface area contributed by atoms with Crippen molar-refractivity contribution in [2.24, 2.45) is 5.73 Å². The molecule has 0 spiro atoms. The molecular formula is C12H19ClN2O. The molecule has 0 bridgehead atoms. The zero-order valence-corrected chi connectivity index (χ0v) is 10.5. The second-order valence-electron chi connectivity index (χ2n) is 4.04. The fourth-order valence-electron chi connectivity index (χ4n) is 1.59. The number of hydrogen-bond acceptors (Lipinski definition) is 3. The minimum atomic E-state index is -0.281. The van der Waals surface area contributed by atoms with Gasteiger partial charge in [0.25, 0.3) is 0 Å². The first-order valence-corrected chi connectivity index (χ1v) is 5.80. The largest absolute Gasteiger partial charge is 0.393 e. The molecule has 1 aromatic carbocycles. The molecule has 4 heteroatoms. The SMILES string of the molecule is CC(O)CCN(C)c1ccc(Cl)cc1CN. The summed E-state index contributed by atoms with van der Waals surface area (Å²) < 4.78 is 0. The van der Waals surface area contributed by atoms with Crippen LogP contribution in [0.15, 0.2) is 18.2 Å². The van der Waals surface area contributed by atoms with Gasteiger partial charge in [-0.2, -0.15) is 0 Å². The molecule has 0 amide bonds. The van der Waals surface area contributed by atoms with Gasteiger partial charge in [-0.15, -0.1) is 0 Å². The molecule has 0 radical (unpaired) electrons. The number of halogens is 1. The Bertz CT molecular complexity index is 342. The zero-order chi connectivity index (χ0) is 12.1. The average Bonchev–Trinajstić information content (AvgIpc) is 2.25. The molecule has 1 unspecified atom stereocenters. The number of rotatable bonds is 5. The predicted molar refractivity (Wildman–Crippen MR) is 68.9 cm³/mol. The van der Waals surface area contributed by atoms with E-state index in [-0.39, 0.29) is 6.10 Å². The molecule has 1 aromatic rings. The van der Waals surface area contributed by atoms with Gasteiger partial charge < -0.3 is 15.7 Å². The Hall–Kier alpha value is -0.770. The van der Waals surface area contributed by atoms with Crippen molar-refractivity contribution in [2.75, 3.05) is 18.5 Å². The van der Waals surface area contributed by atoms with Gasteiger partial charge in [-0.3, -0.25) is 0 Å². The minimum Gasteiger partial charge on any atom is -0.393 e. The van der Waals surface area contributed by atoms with E-state index in [9.17, 15) is 5.11 Å². The topological polar surface area (TPSA) is 49.5 Å². The van der Waals surface area contributed by atoms with Crippen molar-refractivity contribution in [3.8, 4) is 0 Å². The fourth-order valence-corrected chi connectivity index (χ4v) is 1.79. The van der Waals surface area contributed by atoms with Crippen LogP contribution in [0.2, 0.25) is 5.02 Å². The summed E-state index contributed by atoms with van der Waals surface area (Å²) in [7, 11) is 1.99. The first kappa shape index (κ1) is 13.3. The number of hydrogen-bond donors (Lipinski definition) is 2. The van der Waals surface area contributed by atoms with Crippen LogP contribution in [-0.4, -0.2) is 24.8 Å². The normalized spacial score (nSPS) is 12.6. The first-order valence-electron chi connectivity index (χ1n) is 5.42. The van der Waals surface area contributed by atoms with E-state index in [1.807, 2.05) is 25.2 Å². The van der Waals surface area contributed by atoms with E-state index in [4.69, 9.17) is 17.3 Å². The smallest absolute Gasteiger partial charge is 0.0528 e. The van der Waals surface area contributed by atoms with Crippen LogP contribution in [0.5, 0.6) is 0 Å². The van der Waals surface area contributed by atoms with Crippen LogP contribution in [0.25, 0.3) is 0 Å². The van der Waals surface area contributed by atoms with Crippen LogP contribution < -0.4 is 10.6 Å². The summed E-state index contributed by atoms with van der Waals surface area (Å²) in [5.74, 6) is 0. The monoisotopic (exact) mass is 242 g/mol. The minimum absolute atomic E-state index is 0.281. The highest BCUT2D eigenvalue weighted by molar-refractivity contribution is 6.30. The molecule has 1 atom stereocenters. The fraction of sp³-hybridized carbons (Fsp3) is 0.500. The van der Waals surface area contributed by atoms with Crippen LogP contribution in [0.4, 0.5) is 5.69 Å². The third-order valence-corrected chi connectivity index (χ3v) is 2.79. The maximum absolute atomic E-state index is 9.25. The molecule has 3 nitrogen and oxygen atoms in total. The van der Waals surface area contributed by atoms with Crippen LogP contribution in [0, 0.1) is 0 Å². The van der Waals surface area contributed by atoms with E-state index in [0.717, 1.165) is 24.2 Å². The molecule has 0 aliphatic heterocycles. The van der Waals surface area contributed by atoms with Gasteiger partial charge in [-0.1, -0.05) is 11.6 Å². The van der Waals surface area contributed by atoms with Crippen LogP contribution >= 0.6 is 11.6 Å². The van der Waals surface area contributed by atoms with Crippen LogP contribution in [0.1, 0.15) is 18.9 Å². The Morgan fingerprint density at radius 1 is 1.50 bits per heavy atom. The van der Waals surface area contributed by atoms with Crippen molar-refractivity contribution in [1.29, 1.82) is 0 Å². The van der Waals surface area contributed by atoms with Gasteiger partial charge in [0, 0.05) is 30.8 Å². The number of benzene rings is 1. The number of anilines is 1. The lowest BCUT2D eigenvalue weighted by molar-refractivity contribution is 0.187. The van der Waals surface area contributed by atoms with Crippen molar-refractivity contribution in [1.82, 2.24) is 0 Å². The standard InChI is InChI=1S/C12H19ClN2O/c1-9(16)5-6-15(2)12-4-3-11(13)7-10(12)8-14/h3-4,7,9,16H,5-6,8,14H2,1-2H3. The van der Waals surface area contributed by atoms with Gasteiger partial charge in [-0.05, 0) is 37.1 Å². The van der Waals surface area contributed by atoms with Crippen molar-refractivity contribution in [3.63, 3.8) is 0 Å². The number of aliphatic hydroxyl groups is 1. The van der Waals surface area contributed by atoms with Crippen molar-refractivity contribution in [3.05, 3.63) is 28.8 Å². The quantitative estimate of drug-likeness (QED) is 0.831. The predicted octanol–water partition coefficient (Wildman–Crippen LogP) is 2.01. The van der Waals surface area contributed by atoms with E-state index in [1.54, 1.807) is 6.92 Å². The van der Waals surface area contributed by atoms with Crippen LogP contribution in [0.3, 0.4) is 0 Å². The highest BCUT2D eigenvalue weighted by Gasteiger charge is 2.08. The Labute approximate surface area is 102 Å². The second kappa shape index (κ2) is 6.09. The summed E-state index contributed by atoms with van der Waals surface area (Å²) in [5, 5.41) is 9.95. The summed E-state index contributed by atoms with van der Waals surface area (Å²) in [6.07, 6.45) is 0.458. The maximum Gasteiger partial charge on any atom is 0.0528 e. The van der Waals surface area contributed by atoms with E-state index >= 15 is 0 Å². The van der Waals surface area contributed by atoms with Gasteiger partial charge in [0.15, 0.2) is 0 Å². The highest BCUT2D eigenvalue weighted by Crippen LogP contribution is 2.23. The molecule has 16 heavy (non-hydrogen) atoms. The van der Waals surface area contributed by atoms with Gasteiger partial charge in [0.05, 0.1) is 6.10 Å². The molecule has 3 N–H and O–H groups in total. The third kappa shape index (κ3) is 3.67. The van der Waals surface area contributed by atoms with E-state index in [2.05, 4.69) is 4.90 Å². The number of nitrogens with zero attached hydrogens (tertiary/aromatic N) is 1. The van der Waals surface area contributed by atoms with Gasteiger partial charge in [-0.25, -0.2) is 0 Å². The van der Waals surface area contributed by atoms with Gasteiger partial charge in [0.2, 0.25) is 0 Å². The number of aliphatic hydroxyl groups excluding tert-OH is 1. The Morgan fingerprint density at radius 3 is 2.75 bits per heavy atom.